The minimum absolute atomic E-state index is 0.00769. The van der Waals surface area contributed by atoms with E-state index in [4.69, 9.17) is 9.47 Å². The number of carbonyl (C=O) groups is 1. The molecule has 0 radical (unpaired) electrons. The molecule has 0 aromatic heterocycles. The van der Waals surface area contributed by atoms with Gasteiger partial charge in [0.2, 0.25) is 0 Å². The molecule has 1 saturated carbocycles. The van der Waals surface area contributed by atoms with Crippen molar-refractivity contribution in [2.75, 3.05) is 7.11 Å². The molecule has 0 bridgehead atoms. The summed E-state index contributed by atoms with van der Waals surface area (Å²) in [4.78, 5) is 11.7. The minimum atomic E-state index is -0.183. The highest BCUT2D eigenvalue weighted by molar-refractivity contribution is 5.97. The van der Waals surface area contributed by atoms with Crippen molar-refractivity contribution in [1.29, 1.82) is 0 Å². The summed E-state index contributed by atoms with van der Waals surface area (Å²) >= 11 is 0. The number of benzene rings is 1. The number of ether oxygens (including phenoxy) is 2. The normalized spacial score (nSPS) is 17.8. The third-order valence-electron chi connectivity index (χ3n) is 3.84. The zero-order valence-electron chi connectivity index (χ0n) is 12.0. The van der Waals surface area contributed by atoms with Crippen LogP contribution < -0.4 is 9.47 Å². The number of methoxy groups -OCH3 is 1. The fraction of sp³-hybridized carbons (Fsp3) is 0.562. The monoisotopic (exact) mass is 262 g/mol. The Balaban J connectivity index is 2.34. The number of ketones is 1. The van der Waals surface area contributed by atoms with Crippen molar-refractivity contribution >= 4 is 5.78 Å². The van der Waals surface area contributed by atoms with Gasteiger partial charge in [-0.3, -0.25) is 4.79 Å². The van der Waals surface area contributed by atoms with Crippen LogP contribution in [-0.2, 0) is 0 Å². The van der Waals surface area contributed by atoms with Crippen molar-refractivity contribution in [3.63, 3.8) is 0 Å². The van der Waals surface area contributed by atoms with Gasteiger partial charge in [0.1, 0.15) is 5.60 Å². The van der Waals surface area contributed by atoms with Gasteiger partial charge in [-0.25, -0.2) is 0 Å². The number of Topliss-reactive ketones (excluding diaryl/α,β-unsaturated/α-hetero) is 1. The van der Waals surface area contributed by atoms with Crippen molar-refractivity contribution < 1.29 is 14.3 Å². The third kappa shape index (κ3) is 3.09. The lowest BCUT2D eigenvalue weighted by Crippen LogP contribution is -2.35. The average Bonchev–Trinajstić information content (AvgIpc) is 2.39. The van der Waals surface area contributed by atoms with E-state index in [0.29, 0.717) is 17.1 Å². The van der Waals surface area contributed by atoms with Crippen molar-refractivity contribution in [3.05, 3.63) is 23.8 Å². The summed E-state index contributed by atoms with van der Waals surface area (Å²) in [7, 11) is 1.61. The second-order valence-corrected chi connectivity index (χ2v) is 5.51. The lowest BCUT2D eigenvalue weighted by atomic mass is 9.86. The number of carbonyl (C=O) groups excluding carboxylic acids is 1. The first-order chi connectivity index (χ1) is 9.06. The lowest BCUT2D eigenvalue weighted by Gasteiger charge is -2.35. The summed E-state index contributed by atoms with van der Waals surface area (Å²) in [5.74, 6) is 1.25. The second kappa shape index (κ2) is 5.64. The summed E-state index contributed by atoms with van der Waals surface area (Å²) in [5.41, 5.74) is 0.419. The summed E-state index contributed by atoms with van der Waals surface area (Å²) in [5, 5.41) is 0. The van der Waals surface area contributed by atoms with E-state index >= 15 is 0 Å². The van der Waals surface area contributed by atoms with Gasteiger partial charge in [0.05, 0.1) is 12.7 Å². The molecule has 3 heteroatoms. The van der Waals surface area contributed by atoms with Gasteiger partial charge in [-0.05, 0) is 51.7 Å². The zero-order chi connectivity index (χ0) is 13.9. The first kappa shape index (κ1) is 13.9. The molecule has 19 heavy (non-hydrogen) atoms. The first-order valence-corrected chi connectivity index (χ1v) is 6.93. The van der Waals surface area contributed by atoms with Crippen LogP contribution in [0, 0.1) is 0 Å². The Hall–Kier alpha value is -1.51. The molecule has 0 unspecified atom stereocenters. The average molecular weight is 262 g/mol. The molecule has 0 aliphatic heterocycles. The van der Waals surface area contributed by atoms with Gasteiger partial charge in [0.15, 0.2) is 17.3 Å². The molecule has 0 N–H and O–H groups in total. The van der Waals surface area contributed by atoms with Gasteiger partial charge >= 0.3 is 0 Å². The second-order valence-electron chi connectivity index (χ2n) is 5.51. The van der Waals surface area contributed by atoms with E-state index in [1.54, 1.807) is 20.1 Å². The van der Waals surface area contributed by atoms with Gasteiger partial charge in [-0.15, -0.1) is 0 Å². The van der Waals surface area contributed by atoms with Crippen LogP contribution in [0.15, 0.2) is 18.2 Å². The predicted molar refractivity (Wildman–Crippen MR) is 75.1 cm³/mol. The standard InChI is InChI=1S/C16H22O3/c1-12(17)13-8-7-9-14(18-3)15(13)19-16(2)10-5-4-6-11-16/h7-9H,4-6,10-11H2,1-3H3. The highest BCUT2D eigenvalue weighted by atomic mass is 16.5. The van der Waals surface area contributed by atoms with Crippen LogP contribution in [0.5, 0.6) is 11.5 Å². The number of hydrogen-bond donors (Lipinski definition) is 0. The van der Waals surface area contributed by atoms with Crippen molar-refractivity contribution in [2.24, 2.45) is 0 Å². The fourth-order valence-corrected chi connectivity index (χ4v) is 2.71. The van der Waals surface area contributed by atoms with Gasteiger partial charge < -0.3 is 9.47 Å². The molecule has 1 aromatic carbocycles. The largest absolute Gasteiger partial charge is 0.493 e. The van der Waals surface area contributed by atoms with Crippen LogP contribution in [-0.4, -0.2) is 18.5 Å². The Morgan fingerprint density at radius 2 is 1.89 bits per heavy atom. The number of rotatable bonds is 4. The zero-order valence-corrected chi connectivity index (χ0v) is 12.0. The molecule has 1 aliphatic carbocycles. The molecule has 1 aliphatic rings. The van der Waals surface area contributed by atoms with Crippen molar-refractivity contribution in [1.82, 2.24) is 0 Å². The van der Waals surface area contributed by atoms with Gasteiger partial charge in [0.25, 0.3) is 0 Å². The first-order valence-electron chi connectivity index (χ1n) is 6.93. The highest BCUT2D eigenvalue weighted by Gasteiger charge is 2.31. The van der Waals surface area contributed by atoms with Crippen LogP contribution in [0.2, 0.25) is 0 Å². The Labute approximate surface area is 114 Å². The van der Waals surface area contributed by atoms with Crippen LogP contribution in [0.1, 0.15) is 56.3 Å². The van der Waals surface area contributed by atoms with E-state index in [1.807, 2.05) is 12.1 Å². The number of hydrogen-bond acceptors (Lipinski definition) is 3. The molecule has 0 spiro atoms. The Bertz CT molecular complexity index is 459. The molecule has 104 valence electrons. The van der Waals surface area contributed by atoms with Crippen LogP contribution >= 0.6 is 0 Å². The van der Waals surface area contributed by atoms with Crippen molar-refractivity contribution in [3.8, 4) is 11.5 Å². The highest BCUT2D eigenvalue weighted by Crippen LogP contribution is 2.39. The van der Waals surface area contributed by atoms with Gasteiger partial charge in [-0.2, -0.15) is 0 Å². The maximum absolute atomic E-state index is 11.7. The van der Waals surface area contributed by atoms with Crippen LogP contribution in [0.4, 0.5) is 0 Å². The SMILES string of the molecule is COc1cccc(C(C)=O)c1OC1(C)CCCCC1. The van der Waals surface area contributed by atoms with E-state index < -0.39 is 0 Å². The van der Waals surface area contributed by atoms with Gasteiger partial charge in [0, 0.05) is 0 Å². The fourth-order valence-electron chi connectivity index (χ4n) is 2.71. The van der Waals surface area contributed by atoms with Gasteiger partial charge in [-0.1, -0.05) is 12.5 Å². The Morgan fingerprint density at radius 1 is 1.21 bits per heavy atom. The van der Waals surface area contributed by atoms with Crippen LogP contribution in [0.3, 0.4) is 0 Å². The van der Waals surface area contributed by atoms with E-state index in [1.165, 1.54) is 19.3 Å². The number of para-hydroxylation sites is 1. The smallest absolute Gasteiger partial charge is 0.172 e. The van der Waals surface area contributed by atoms with E-state index in [0.717, 1.165) is 12.8 Å². The summed E-state index contributed by atoms with van der Waals surface area (Å²) < 4.78 is 11.6. The molecular weight excluding hydrogens is 240 g/mol. The molecule has 0 amide bonds. The molecule has 0 saturated heterocycles. The lowest BCUT2D eigenvalue weighted by molar-refractivity contribution is 0.0449. The molecule has 1 fully saturated rings. The summed E-state index contributed by atoms with van der Waals surface area (Å²) in [6.45, 7) is 3.69. The molecule has 0 atom stereocenters. The van der Waals surface area contributed by atoms with Crippen molar-refractivity contribution in [2.45, 2.75) is 51.6 Å². The molecule has 2 rings (SSSR count). The molecule has 1 aromatic rings. The maximum atomic E-state index is 11.7. The Morgan fingerprint density at radius 3 is 2.47 bits per heavy atom. The quantitative estimate of drug-likeness (QED) is 0.769. The third-order valence-corrected chi connectivity index (χ3v) is 3.84. The van der Waals surface area contributed by atoms with E-state index in [2.05, 4.69) is 6.92 Å². The predicted octanol–water partition coefficient (Wildman–Crippen LogP) is 4.00. The summed E-state index contributed by atoms with van der Waals surface area (Å²) in [6.07, 6.45) is 5.69. The topological polar surface area (TPSA) is 35.5 Å². The summed E-state index contributed by atoms with van der Waals surface area (Å²) in [6, 6.07) is 5.46. The molecular formula is C16H22O3. The maximum Gasteiger partial charge on any atom is 0.172 e. The van der Waals surface area contributed by atoms with E-state index in [9.17, 15) is 4.79 Å². The van der Waals surface area contributed by atoms with Crippen LogP contribution in [0.25, 0.3) is 0 Å². The molecule has 0 heterocycles. The Kier molecular flexibility index (Phi) is 4.13. The minimum Gasteiger partial charge on any atom is -0.493 e. The van der Waals surface area contributed by atoms with E-state index in [-0.39, 0.29) is 11.4 Å². The molecule has 3 nitrogen and oxygen atoms in total.